The van der Waals surface area contributed by atoms with E-state index >= 15 is 0 Å². The van der Waals surface area contributed by atoms with Crippen molar-refractivity contribution in [2.45, 2.75) is 12.3 Å². The number of ether oxygens (including phenoxy) is 1. The van der Waals surface area contributed by atoms with E-state index in [1.54, 1.807) is 10.9 Å². The number of hydrogen-bond donors (Lipinski definition) is 3. The summed E-state index contributed by atoms with van der Waals surface area (Å²) in [5, 5.41) is 32.3. The van der Waals surface area contributed by atoms with Gasteiger partial charge in [-0.2, -0.15) is 4.80 Å². The molecule has 30 heavy (non-hydrogen) atoms. The van der Waals surface area contributed by atoms with E-state index in [4.69, 9.17) is 9.84 Å². The molecule has 8 heteroatoms. The third kappa shape index (κ3) is 2.81. The molecule has 150 valence electrons. The molecule has 0 bridgehead atoms. The Labute approximate surface area is 171 Å². The SMILES string of the molecule is COc1cc([C@@H]2CC(=O)Nc3ccc4nn(-c5ccccc5)nc4c32)cc(O)c1O. The minimum atomic E-state index is -0.390. The van der Waals surface area contributed by atoms with Gasteiger partial charge in [0.05, 0.1) is 12.8 Å². The number of nitrogens with zero attached hydrogens (tertiary/aromatic N) is 3. The van der Waals surface area contributed by atoms with Crippen molar-refractivity contribution in [2.75, 3.05) is 12.4 Å². The molecule has 3 aromatic carbocycles. The van der Waals surface area contributed by atoms with E-state index in [9.17, 15) is 15.0 Å². The van der Waals surface area contributed by atoms with Crippen molar-refractivity contribution in [3.8, 4) is 22.9 Å². The van der Waals surface area contributed by atoms with Crippen molar-refractivity contribution in [1.82, 2.24) is 15.0 Å². The quantitative estimate of drug-likeness (QED) is 0.454. The molecule has 1 aliphatic rings. The highest BCUT2D eigenvalue weighted by atomic mass is 16.5. The van der Waals surface area contributed by atoms with E-state index in [2.05, 4.69) is 10.4 Å². The van der Waals surface area contributed by atoms with Crippen molar-refractivity contribution >= 4 is 22.6 Å². The Morgan fingerprint density at radius 3 is 2.67 bits per heavy atom. The Kier molecular flexibility index (Phi) is 4.06. The number of amides is 1. The summed E-state index contributed by atoms with van der Waals surface area (Å²) in [5.41, 5.74) is 4.27. The van der Waals surface area contributed by atoms with E-state index in [1.165, 1.54) is 13.2 Å². The third-order valence-electron chi connectivity index (χ3n) is 5.29. The first-order valence-electron chi connectivity index (χ1n) is 9.40. The molecule has 0 fully saturated rings. The molecule has 0 saturated heterocycles. The largest absolute Gasteiger partial charge is 0.504 e. The number of benzene rings is 3. The molecule has 0 radical (unpaired) electrons. The van der Waals surface area contributed by atoms with E-state index in [-0.39, 0.29) is 29.6 Å². The average molecular weight is 402 g/mol. The molecule has 1 atom stereocenters. The van der Waals surface area contributed by atoms with Crippen LogP contribution >= 0.6 is 0 Å². The fourth-order valence-electron chi connectivity index (χ4n) is 3.88. The molecule has 3 N–H and O–H groups in total. The lowest BCUT2D eigenvalue weighted by Gasteiger charge is -2.26. The number of para-hydroxylation sites is 1. The summed E-state index contributed by atoms with van der Waals surface area (Å²) in [6, 6.07) is 16.3. The number of nitrogens with one attached hydrogen (secondary N) is 1. The zero-order chi connectivity index (χ0) is 20.8. The lowest BCUT2D eigenvalue weighted by atomic mass is 9.83. The number of phenols is 2. The summed E-state index contributed by atoms with van der Waals surface area (Å²) < 4.78 is 5.18. The molecule has 1 aliphatic heterocycles. The fraction of sp³-hybridized carbons (Fsp3) is 0.136. The van der Waals surface area contributed by atoms with E-state index in [1.807, 2.05) is 42.5 Å². The van der Waals surface area contributed by atoms with Crippen LogP contribution in [0.3, 0.4) is 0 Å². The maximum atomic E-state index is 12.4. The summed E-state index contributed by atoms with van der Waals surface area (Å²) in [6.07, 6.45) is 0.164. The van der Waals surface area contributed by atoms with Crippen molar-refractivity contribution in [3.63, 3.8) is 0 Å². The first kappa shape index (κ1) is 18.0. The number of hydrogen-bond acceptors (Lipinski definition) is 6. The van der Waals surface area contributed by atoms with Crippen molar-refractivity contribution in [3.05, 3.63) is 65.7 Å². The highest BCUT2D eigenvalue weighted by molar-refractivity contribution is 6.00. The molecule has 0 aliphatic carbocycles. The van der Waals surface area contributed by atoms with Crippen LogP contribution in [0, 0.1) is 0 Å². The number of carbonyl (C=O) groups is 1. The second-order valence-corrected chi connectivity index (χ2v) is 7.12. The molecule has 8 nitrogen and oxygen atoms in total. The van der Waals surface area contributed by atoms with Gasteiger partial charge in [0.1, 0.15) is 11.0 Å². The van der Waals surface area contributed by atoms with Crippen LogP contribution in [0.1, 0.15) is 23.5 Å². The number of aromatic nitrogens is 3. The number of fused-ring (bicyclic) bond motifs is 3. The van der Waals surface area contributed by atoms with Gasteiger partial charge >= 0.3 is 0 Å². The summed E-state index contributed by atoms with van der Waals surface area (Å²) in [4.78, 5) is 13.9. The maximum absolute atomic E-state index is 12.4. The third-order valence-corrected chi connectivity index (χ3v) is 5.29. The van der Waals surface area contributed by atoms with Crippen LogP contribution in [0.2, 0.25) is 0 Å². The first-order valence-corrected chi connectivity index (χ1v) is 9.40. The predicted octanol–water partition coefficient (Wildman–Crippen LogP) is 3.31. The smallest absolute Gasteiger partial charge is 0.225 e. The number of methoxy groups -OCH3 is 1. The van der Waals surface area contributed by atoms with Gasteiger partial charge in [0.2, 0.25) is 11.7 Å². The molecule has 2 heterocycles. The van der Waals surface area contributed by atoms with Gasteiger partial charge in [0.25, 0.3) is 0 Å². The Hall–Kier alpha value is -4.07. The fourth-order valence-corrected chi connectivity index (χ4v) is 3.88. The average Bonchev–Trinajstić information content (AvgIpc) is 3.20. The highest BCUT2D eigenvalue weighted by Gasteiger charge is 2.31. The molecular formula is C22H18N4O4. The minimum absolute atomic E-state index is 0.137. The van der Waals surface area contributed by atoms with Crippen LogP contribution in [-0.4, -0.2) is 38.2 Å². The van der Waals surface area contributed by atoms with Gasteiger partial charge in [-0.15, -0.1) is 10.2 Å². The van der Waals surface area contributed by atoms with Crippen molar-refractivity contribution < 1.29 is 19.7 Å². The maximum Gasteiger partial charge on any atom is 0.225 e. The topological polar surface area (TPSA) is 110 Å². The summed E-state index contributed by atoms with van der Waals surface area (Å²) in [6.45, 7) is 0. The normalized spacial score (nSPS) is 15.6. The molecule has 5 rings (SSSR count). The summed E-state index contributed by atoms with van der Waals surface area (Å²) >= 11 is 0. The summed E-state index contributed by atoms with van der Waals surface area (Å²) in [5.74, 6) is -1.04. The Balaban J connectivity index is 1.72. The molecular weight excluding hydrogens is 384 g/mol. The number of rotatable bonds is 3. The van der Waals surface area contributed by atoms with Gasteiger partial charge in [0, 0.05) is 23.6 Å². The van der Waals surface area contributed by atoms with Crippen molar-refractivity contribution in [1.29, 1.82) is 0 Å². The van der Waals surface area contributed by atoms with Gasteiger partial charge in [-0.05, 0) is 42.0 Å². The highest BCUT2D eigenvalue weighted by Crippen LogP contribution is 2.45. The summed E-state index contributed by atoms with van der Waals surface area (Å²) in [7, 11) is 1.41. The molecule has 1 amide bonds. The Bertz CT molecular complexity index is 1280. The number of phenolic OH excluding ortho intramolecular Hbond substituents is 2. The van der Waals surface area contributed by atoms with Crippen LogP contribution < -0.4 is 10.1 Å². The standard InChI is InChI=1S/C22H18N4O4/c1-30-18-10-12(9-17(27)22(18)29)14-11-19(28)23-15-7-8-16-21(20(14)15)25-26(24-16)13-5-3-2-4-6-13/h2-10,14,27,29H,11H2,1H3,(H,23,28)/t14-/m0/s1. The molecule has 0 saturated carbocycles. The van der Waals surface area contributed by atoms with Gasteiger partial charge in [-0.1, -0.05) is 18.2 Å². The van der Waals surface area contributed by atoms with Crippen LogP contribution in [-0.2, 0) is 4.79 Å². The van der Waals surface area contributed by atoms with Crippen LogP contribution in [0.5, 0.6) is 17.2 Å². The lowest BCUT2D eigenvalue weighted by Crippen LogP contribution is -2.23. The Morgan fingerprint density at radius 2 is 1.90 bits per heavy atom. The van der Waals surface area contributed by atoms with Crippen molar-refractivity contribution in [2.24, 2.45) is 0 Å². The zero-order valence-electron chi connectivity index (χ0n) is 16.0. The molecule has 0 spiro atoms. The second kappa shape index (κ2) is 6.77. The molecule has 1 aromatic heterocycles. The monoisotopic (exact) mass is 402 g/mol. The number of anilines is 1. The van der Waals surface area contributed by atoms with Crippen LogP contribution in [0.4, 0.5) is 5.69 Å². The Morgan fingerprint density at radius 1 is 1.10 bits per heavy atom. The minimum Gasteiger partial charge on any atom is -0.504 e. The van der Waals surface area contributed by atoms with Gasteiger partial charge in [-0.3, -0.25) is 4.79 Å². The van der Waals surface area contributed by atoms with E-state index in [0.717, 1.165) is 11.3 Å². The first-order chi connectivity index (χ1) is 14.5. The molecule has 4 aromatic rings. The van der Waals surface area contributed by atoms with Gasteiger partial charge in [-0.25, -0.2) is 0 Å². The van der Waals surface area contributed by atoms with E-state index in [0.29, 0.717) is 22.3 Å². The molecule has 0 unspecified atom stereocenters. The predicted molar refractivity (Wildman–Crippen MR) is 110 cm³/mol. The van der Waals surface area contributed by atoms with E-state index < -0.39 is 5.92 Å². The van der Waals surface area contributed by atoms with Gasteiger partial charge < -0.3 is 20.3 Å². The number of aromatic hydroxyl groups is 2. The van der Waals surface area contributed by atoms with Crippen LogP contribution in [0.25, 0.3) is 16.7 Å². The van der Waals surface area contributed by atoms with Crippen LogP contribution in [0.15, 0.2) is 54.6 Å². The van der Waals surface area contributed by atoms with Gasteiger partial charge in [0.15, 0.2) is 11.5 Å². The number of carbonyl (C=O) groups excluding carboxylic acids is 1. The lowest BCUT2D eigenvalue weighted by molar-refractivity contribution is -0.116. The zero-order valence-corrected chi connectivity index (χ0v) is 16.0. The second-order valence-electron chi connectivity index (χ2n) is 7.12.